The van der Waals surface area contributed by atoms with E-state index in [1.165, 1.54) is 6.92 Å². The van der Waals surface area contributed by atoms with E-state index in [0.717, 1.165) is 0 Å². The summed E-state index contributed by atoms with van der Waals surface area (Å²) in [7, 11) is 0. The molecular formula is C6H11O5. The molecule has 1 saturated heterocycles. The molecule has 0 unspecified atom stereocenters. The van der Waals surface area contributed by atoms with Crippen molar-refractivity contribution in [1.29, 1.82) is 0 Å². The summed E-state index contributed by atoms with van der Waals surface area (Å²) in [5.74, 6) is 0. The summed E-state index contributed by atoms with van der Waals surface area (Å²) >= 11 is 0. The minimum absolute atomic E-state index is 0.643. The monoisotopic (exact) mass is 163 g/mol. The van der Waals surface area contributed by atoms with Gasteiger partial charge in [0.2, 0.25) is 0 Å². The highest BCUT2D eigenvalue weighted by Gasteiger charge is 2.41. The van der Waals surface area contributed by atoms with Crippen molar-refractivity contribution in [3.8, 4) is 0 Å². The topological polar surface area (TPSA) is 90.2 Å². The number of hydrogen-bond acceptors (Lipinski definition) is 5. The highest BCUT2D eigenvalue weighted by Crippen LogP contribution is 2.23. The molecule has 0 aliphatic carbocycles. The molecule has 1 radical (unpaired) electrons. The van der Waals surface area contributed by atoms with Gasteiger partial charge in [0.25, 0.3) is 6.29 Å². The zero-order valence-corrected chi connectivity index (χ0v) is 6.01. The highest BCUT2D eigenvalue weighted by atomic mass is 16.6. The molecule has 1 aliphatic heterocycles. The van der Waals surface area contributed by atoms with E-state index in [1.807, 2.05) is 0 Å². The lowest BCUT2D eigenvalue weighted by Gasteiger charge is -2.35. The van der Waals surface area contributed by atoms with Crippen LogP contribution >= 0.6 is 0 Å². The van der Waals surface area contributed by atoms with E-state index in [4.69, 9.17) is 20.4 Å². The van der Waals surface area contributed by atoms with Crippen molar-refractivity contribution in [2.45, 2.75) is 31.3 Å². The average Bonchev–Trinajstić information content (AvgIpc) is 1.97. The molecule has 1 aliphatic rings. The number of rotatable bonds is 0. The van der Waals surface area contributed by atoms with Crippen molar-refractivity contribution in [3.05, 3.63) is 6.29 Å². The van der Waals surface area contributed by atoms with Gasteiger partial charge in [0.05, 0.1) is 6.10 Å². The molecule has 0 aromatic heterocycles. The Balaban J connectivity index is 2.63. The molecule has 0 bridgehead atoms. The zero-order chi connectivity index (χ0) is 8.59. The van der Waals surface area contributed by atoms with E-state index in [0.29, 0.717) is 0 Å². The van der Waals surface area contributed by atoms with Crippen molar-refractivity contribution in [3.63, 3.8) is 0 Å². The summed E-state index contributed by atoms with van der Waals surface area (Å²) < 4.78 is 4.59. The first-order valence-corrected chi connectivity index (χ1v) is 3.30. The summed E-state index contributed by atoms with van der Waals surface area (Å²) in [6, 6.07) is 0. The molecule has 0 saturated carbocycles. The van der Waals surface area contributed by atoms with Crippen LogP contribution in [0.25, 0.3) is 0 Å². The fraction of sp³-hybridized carbons (Fsp3) is 0.833. The third kappa shape index (κ3) is 1.52. The van der Waals surface area contributed by atoms with Gasteiger partial charge in [-0.15, -0.1) is 0 Å². The molecule has 1 rings (SSSR count). The van der Waals surface area contributed by atoms with Crippen molar-refractivity contribution < 1.29 is 25.2 Å². The second kappa shape index (κ2) is 3.04. The van der Waals surface area contributed by atoms with Crippen LogP contribution in [0.3, 0.4) is 0 Å². The lowest BCUT2D eigenvalue weighted by atomic mass is 10.0. The Bertz CT molecular complexity index is 125. The summed E-state index contributed by atoms with van der Waals surface area (Å²) in [6.07, 6.45) is -5.40. The van der Waals surface area contributed by atoms with Gasteiger partial charge in [-0.25, -0.2) is 0 Å². The molecule has 65 valence electrons. The van der Waals surface area contributed by atoms with Crippen LogP contribution in [0.4, 0.5) is 0 Å². The lowest BCUT2D eigenvalue weighted by Crippen LogP contribution is -2.53. The molecule has 0 aromatic rings. The van der Waals surface area contributed by atoms with Crippen molar-refractivity contribution in [1.82, 2.24) is 0 Å². The fourth-order valence-corrected chi connectivity index (χ4v) is 0.940. The van der Waals surface area contributed by atoms with Crippen LogP contribution in [0, 0.1) is 6.29 Å². The minimum Gasteiger partial charge on any atom is -0.388 e. The van der Waals surface area contributed by atoms with Crippen LogP contribution in [0.5, 0.6) is 0 Å². The summed E-state index contributed by atoms with van der Waals surface area (Å²) in [5.41, 5.74) is 0. The highest BCUT2D eigenvalue weighted by molar-refractivity contribution is 4.94. The molecule has 1 heterocycles. The first-order chi connectivity index (χ1) is 5.04. The number of hydrogen-bond donors (Lipinski definition) is 4. The number of aliphatic hydroxyl groups excluding tert-OH is 4. The Morgan fingerprint density at radius 1 is 1.18 bits per heavy atom. The van der Waals surface area contributed by atoms with Crippen LogP contribution in [-0.4, -0.2) is 44.8 Å². The summed E-state index contributed by atoms with van der Waals surface area (Å²) in [5, 5.41) is 35.8. The number of ether oxygens (including phenoxy) is 1. The van der Waals surface area contributed by atoms with Gasteiger partial charge >= 0.3 is 0 Å². The molecule has 5 nitrogen and oxygen atoms in total. The summed E-state index contributed by atoms with van der Waals surface area (Å²) in [4.78, 5) is 0. The maximum atomic E-state index is 9.07. The van der Waals surface area contributed by atoms with E-state index in [1.54, 1.807) is 0 Å². The minimum atomic E-state index is -1.51. The van der Waals surface area contributed by atoms with Gasteiger partial charge in [-0.3, -0.25) is 0 Å². The molecule has 0 amide bonds. The van der Waals surface area contributed by atoms with E-state index in [-0.39, 0.29) is 0 Å². The maximum absolute atomic E-state index is 9.07. The predicted octanol–water partition coefficient (Wildman–Crippen LogP) is -1.65. The molecular weight excluding hydrogens is 152 g/mol. The Morgan fingerprint density at radius 2 is 1.73 bits per heavy atom. The Hall–Kier alpha value is -0.200. The summed E-state index contributed by atoms with van der Waals surface area (Å²) in [6.45, 7) is 1.48. The van der Waals surface area contributed by atoms with E-state index >= 15 is 0 Å². The molecule has 4 N–H and O–H groups in total. The van der Waals surface area contributed by atoms with Gasteiger partial charge in [0.1, 0.15) is 18.3 Å². The quantitative estimate of drug-likeness (QED) is 0.343. The average molecular weight is 163 g/mol. The lowest BCUT2D eigenvalue weighted by molar-refractivity contribution is -0.219. The van der Waals surface area contributed by atoms with E-state index < -0.39 is 30.7 Å². The van der Waals surface area contributed by atoms with Crippen LogP contribution in [0.15, 0.2) is 0 Å². The second-order valence-electron chi connectivity index (χ2n) is 2.59. The van der Waals surface area contributed by atoms with Crippen LogP contribution in [0.2, 0.25) is 0 Å². The standard InChI is InChI=1S/C6H11O5/c1-2-3(7)4(8)5(9)6(10)11-2/h2-5,7-10H,1H3/t2-,3+,4+,5-/m0/s1. The van der Waals surface area contributed by atoms with Gasteiger partial charge in [-0.1, -0.05) is 0 Å². The SMILES string of the molecule is C[C@@H]1O[C](O)[C@@H](O)[C@H](O)[C@@H]1O. The van der Waals surface area contributed by atoms with Crippen LogP contribution in [0.1, 0.15) is 6.92 Å². The van der Waals surface area contributed by atoms with Gasteiger partial charge in [-0.05, 0) is 6.92 Å². The molecule has 5 heteroatoms. The van der Waals surface area contributed by atoms with Crippen LogP contribution in [-0.2, 0) is 4.74 Å². The Kier molecular flexibility index (Phi) is 2.46. The third-order valence-electron chi connectivity index (χ3n) is 1.71. The molecule has 4 atom stereocenters. The van der Waals surface area contributed by atoms with E-state index in [2.05, 4.69) is 4.74 Å². The van der Waals surface area contributed by atoms with Crippen molar-refractivity contribution in [2.75, 3.05) is 0 Å². The predicted molar refractivity (Wildman–Crippen MR) is 33.7 cm³/mol. The normalized spacial score (nSPS) is 47.7. The molecule has 1 fully saturated rings. The van der Waals surface area contributed by atoms with Crippen LogP contribution < -0.4 is 0 Å². The first kappa shape index (κ1) is 8.89. The van der Waals surface area contributed by atoms with Gasteiger partial charge in [0.15, 0.2) is 0 Å². The van der Waals surface area contributed by atoms with Crippen molar-refractivity contribution >= 4 is 0 Å². The van der Waals surface area contributed by atoms with Crippen molar-refractivity contribution in [2.24, 2.45) is 0 Å². The Labute approximate surface area is 63.8 Å². The van der Waals surface area contributed by atoms with Gasteiger partial charge < -0.3 is 25.2 Å². The molecule has 0 spiro atoms. The van der Waals surface area contributed by atoms with Gasteiger partial charge in [0, 0.05) is 0 Å². The van der Waals surface area contributed by atoms with Gasteiger partial charge in [-0.2, -0.15) is 0 Å². The third-order valence-corrected chi connectivity index (χ3v) is 1.71. The zero-order valence-electron chi connectivity index (χ0n) is 6.01. The molecule has 0 aromatic carbocycles. The second-order valence-corrected chi connectivity index (χ2v) is 2.59. The Morgan fingerprint density at radius 3 is 2.27 bits per heavy atom. The van der Waals surface area contributed by atoms with E-state index in [9.17, 15) is 0 Å². The first-order valence-electron chi connectivity index (χ1n) is 3.30. The largest absolute Gasteiger partial charge is 0.388 e. The number of aliphatic hydroxyl groups is 4. The molecule has 11 heavy (non-hydrogen) atoms. The maximum Gasteiger partial charge on any atom is 0.253 e. The fourth-order valence-electron chi connectivity index (χ4n) is 0.940. The smallest absolute Gasteiger partial charge is 0.253 e.